The molecule has 0 aromatic heterocycles. The summed E-state index contributed by atoms with van der Waals surface area (Å²) in [7, 11) is 1.55. The van der Waals surface area contributed by atoms with Gasteiger partial charge in [-0.1, -0.05) is 12.1 Å². The third-order valence-corrected chi connectivity index (χ3v) is 5.32. The van der Waals surface area contributed by atoms with Crippen LogP contribution in [0.15, 0.2) is 71.4 Å². The molecular formula is C27H21NO8. The molecule has 0 N–H and O–H groups in total. The molecule has 2 heterocycles. The minimum atomic E-state index is -0.580. The number of rotatable bonds is 7. The van der Waals surface area contributed by atoms with Crippen LogP contribution in [0.3, 0.4) is 0 Å². The van der Waals surface area contributed by atoms with Crippen molar-refractivity contribution in [3.8, 4) is 28.7 Å². The van der Waals surface area contributed by atoms with Crippen LogP contribution in [0.25, 0.3) is 6.08 Å². The van der Waals surface area contributed by atoms with Gasteiger partial charge in [0.25, 0.3) is 0 Å². The molecule has 36 heavy (non-hydrogen) atoms. The molecule has 0 atom stereocenters. The molecule has 0 unspecified atom stereocenters. The number of ether oxygens (including phenoxy) is 6. The van der Waals surface area contributed by atoms with Gasteiger partial charge in [0.05, 0.1) is 19.3 Å². The molecule has 0 spiro atoms. The van der Waals surface area contributed by atoms with Crippen LogP contribution in [0.1, 0.15) is 28.4 Å². The number of hydrogen-bond donors (Lipinski definition) is 0. The third kappa shape index (κ3) is 4.72. The standard InChI is InChI=1S/C27H21NO8/c1-3-32-23-12-16(11-20-27(30)36-25(28-20)17-5-4-6-19(13-17)31-2)7-9-22(23)35-26(29)18-8-10-21-24(14-18)34-15-33-21/h4-14H,3,15H2,1-2H3. The third-order valence-electron chi connectivity index (χ3n) is 5.32. The van der Waals surface area contributed by atoms with Crippen LogP contribution in [0.2, 0.25) is 0 Å². The van der Waals surface area contributed by atoms with Crippen molar-refractivity contribution in [2.45, 2.75) is 6.92 Å². The highest BCUT2D eigenvalue weighted by Crippen LogP contribution is 2.34. The van der Waals surface area contributed by atoms with E-state index in [-0.39, 0.29) is 24.1 Å². The molecule has 9 nitrogen and oxygen atoms in total. The van der Waals surface area contributed by atoms with Crippen LogP contribution in [0, 0.1) is 0 Å². The maximum atomic E-state index is 12.7. The smallest absolute Gasteiger partial charge is 0.363 e. The zero-order valence-corrected chi connectivity index (χ0v) is 19.5. The van der Waals surface area contributed by atoms with Gasteiger partial charge in [0, 0.05) is 5.56 Å². The molecule has 5 rings (SSSR count). The highest BCUT2D eigenvalue weighted by molar-refractivity contribution is 6.13. The fraction of sp³-hybridized carbons (Fsp3) is 0.148. The molecule has 182 valence electrons. The highest BCUT2D eigenvalue weighted by atomic mass is 16.7. The van der Waals surface area contributed by atoms with Crippen molar-refractivity contribution in [2.24, 2.45) is 4.99 Å². The van der Waals surface area contributed by atoms with Crippen LogP contribution < -0.4 is 23.7 Å². The van der Waals surface area contributed by atoms with E-state index < -0.39 is 11.9 Å². The minimum Gasteiger partial charge on any atom is -0.497 e. The number of methoxy groups -OCH3 is 1. The maximum absolute atomic E-state index is 12.7. The second-order valence-electron chi connectivity index (χ2n) is 7.66. The number of cyclic esters (lactones) is 1. The van der Waals surface area contributed by atoms with Gasteiger partial charge in [-0.3, -0.25) is 0 Å². The maximum Gasteiger partial charge on any atom is 0.363 e. The first kappa shape index (κ1) is 23.0. The predicted octanol–water partition coefficient (Wildman–Crippen LogP) is 4.39. The lowest BCUT2D eigenvalue weighted by Gasteiger charge is -2.11. The van der Waals surface area contributed by atoms with Gasteiger partial charge in [-0.25, -0.2) is 14.6 Å². The first-order valence-electron chi connectivity index (χ1n) is 11.1. The first-order chi connectivity index (χ1) is 17.5. The number of carbonyl (C=O) groups excluding carboxylic acids is 2. The molecular weight excluding hydrogens is 466 g/mol. The van der Waals surface area contributed by atoms with Gasteiger partial charge in [0.2, 0.25) is 12.7 Å². The zero-order chi connectivity index (χ0) is 25.1. The molecule has 0 aliphatic carbocycles. The second-order valence-corrected chi connectivity index (χ2v) is 7.66. The summed E-state index contributed by atoms with van der Waals surface area (Å²) in [6, 6.07) is 16.8. The Hall–Kier alpha value is -4.79. The summed E-state index contributed by atoms with van der Waals surface area (Å²) >= 11 is 0. The molecule has 0 saturated heterocycles. The number of aliphatic imine (C=N–C) groups is 1. The van der Waals surface area contributed by atoms with Crippen molar-refractivity contribution < 1.29 is 38.0 Å². The molecule has 9 heteroatoms. The van der Waals surface area contributed by atoms with Crippen molar-refractivity contribution >= 4 is 23.9 Å². The fourth-order valence-electron chi connectivity index (χ4n) is 3.60. The summed E-state index contributed by atoms with van der Waals surface area (Å²) in [5.41, 5.74) is 1.66. The van der Waals surface area contributed by atoms with E-state index in [0.717, 1.165) is 0 Å². The van der Waals surface area contributed by atoms with Crippen molar-refractivity contribution in [2.75, 3.05) is 20.5 Å². The lowest BCUT2D eigenvalue weighted by molar-refractivity contribution is -0.129. The van der Waals surface area contributed by atoms with E-state index in [0.29, 0.717) is 46.3 Å². The Balaban J connectivity index is 1.38. The van der Waals surface area contributed by atoms with E-state index >= 15 is 0 Å². The van der Waals surface area contributed by atoms with Crippen molar-refractivity contribution in [3.05, 3.63) is 83.1 Å². The topological polar surface area (TPSA) is 102 Å². The van der Waals surface area contributed by atoms with Gasteiger partial charge in [-0.2, -0.15) is 0 Å². The van der Waals surface area contributed by atoms with E-state index in [2.05, 4.69) is 4.99 Å². The van der Waals surface area contributed by atoms with Gasteiger partial charge in [-0.05, 0) is 67.1 Å². The molecule has 3 aromatic rings. The predicted molar refractivity (Wildman–Crippen MR) is 129 cm³/mol. The van der Waals surface area contributed by atoms with E-state index in [1.165, 1.54) is 0 Å². The quantitative estimate of drug-likeness (QED) is 0.275. The summed E-state index contributed by atoms with van der Waals surface area (Å²) in [4.78, 5) is 29.5. The van der Waals surface area contributed by atoms with Crippen LogP contribution in [0.5, 0.6) is 28.7 Å². The van der Waals surface area contributed by atoms with Crippen molar-refractivity contribution in [3.63, 3.8) is 0 Å². The number of carbonyl (C=O) groups is 2. The van der Waals surface area contributed by atoms with Gasteiger partial charge in [0.1, 0.15) is 5.75 Å². The molecule has 0 radical (unpaired) electrons. The Bertz CT molecular complexity index is 1410. The van der Waals surface area contributed by atoms with E-state index in [4.69, 9.17) is 28.4 Å². The van der Waals surface area contributed by atoms with Crippen LogP contribution in [0.4, 0.5) is 0 Å². The Kier molecular flexibility index (Phi) is 6.27. The largest absolute Gasteiger partial charge is 0.497 e. The average Bonchev–Trinajstić information content (AvgIpc) is 3.51. The van der Waals surface area contributed by atoms with Gasteiger partial charge >= 0.3 is 11.9 Å². The Morgan fingerprint density at radius 2 is 1.89 bits per heavy atom. The minimum absolute atomic E-state index is 0.109. The number of nitrogens with zero attached hydrogens (tertiary/aromatic N) is 1. The normalized spacial score (nSPS) is 14.9. The number of benzene rings is 3. The summed E-state index contributed by atoms with van der Waals surface area (Å²) in [6.07, 6.45) is 1.57. The highest BCUT2D eigenvalue weighted by Gasteiger charge is 2.25. The SMILES string of the molecule is CCOc1cc(C=C2N=C(c3cccc(OC)c3)OC2=O)ccc1OC(=O)c1ccc2c(c1)OCO2. The summed E-state index contributed by atoms with van der Waals surface area (Å²) in [5, 5.41) is 0. The number of esters is 2. The van der Waals surface area contributed by atoms with Crippen molar-refractivity contribution in [1.29, 1.82) is 0 Å². The Morgan fingerprint density at radius 1 is 1.03 bits per heavy atom. The lowest BCUT2D eigenvalue weighted by Crippen LogP contribution is -2.09. The number of hydrogen-bond acceptors (Lipinski definition) is 9. The van der Waals surface area contributed by atoms with Crippen LogP contribution in [-0.2, 0) is 9.53 Å². The molecule has 0 bridgehead atoms. The van der Waals surface area contributed by atoms with Crippen LogP contribution >= 0.6 is 0 Å². The summed E-state index contributed by atoms with van der Waals surface area (Å²) in [6.45, 7) is 2.26. The molecule has 2 aliphatic rings. The van der Waals surface area contributed by atoms with E-state index in [1.54, 1.807) is 73.8 Å². The van der Waals surface area contributed by atoms with Gasteiger partial charge < -0.3 is 28.4 Å². The molecule has 0 amide bonds. The summed E-state index contributed by atoms with van der Waals surface area (Å²) < 4.78 is 32.4. The Morgan fingerprint density at radius 3 is 2.72 bits per heavy atom. The fourth-order valence-corrected chi connectivity index (χ4v) is 3.60. The van der Waals surface area contributed by atoms with Gasteiger partial charge in [0.15, 0.2) is 28.7 Å². The van der Waals surface area contributed by atoms with E-state index in [9.17, 15) is 9.59 Å². The second kappa shape index (κ2) is 9.83. The lowest BCUT2D eigenvalue weighted by atomic mass is 10.1. The molecule has 3 aromatic carbocycles. The number of fused-ring (bicyclic) bond motifs is 1. The van der Waals surface area contributed by atoms with Crippen LogP contribution in [-0.4, -0.2) is 38.3 Å². The summed E-state index contributed by atoms with van der Waals surface area (Å²) in [5.74, 6) is 1.27. The monoisotopic (exact) mass is 487 g/mol. The van der Waals surface area contributed by atoms with E-state index in [1.807, 2.05) is 6.92 Å². The average molecular weight is 487 g/mol. The molecule has 2 aliphatic heterocycles. The van der Waals surface area contributed by atoms with Gasteiger partial charge in [-0.15, -0.1) is 0 Å². The zero-order valence-electron chi connectivity index (χ0n) is 19.5. The Labute approximate surface area is 206 Å². The molecule has 0 saturated carbocycles. The van der Waals surface area contributed by atoms with Crippen molar-refractivity contribution in [1.82, 2.24) is 0 Å². The molecule has 0 fully saturated rings. The first-order valence-corrected chi connectivity index (χ1v) is 11.1.